The van der Waals surface area contributed by atoms with Crippen molar-refractivity contribution in [2.75, 3.05) is 42.5 Å². The molecule has 1 N–H and O–H groups in total. The standard InChI is InChI=1S/C24H30N6OS/c1-17(2)19-6-8-20(9-7-19)28-13-15-29(16-14-28)24(32)27-26-21-10-12-30(18(3)31)22-5-4-11-25-23(21)22/h4-9,11,17H,10,12-16H2,1-3H3,(H,27,32)/b26-21-. The van der Waals surface area contributed by atoms with Crippen LogP contribution in [-0.4, -0.2) is 59.3 Å². The van der Waals surface area contributed by atoms with Crippen LogP contribution in [0, 0.1) is 0 Å². The summed E-state index contributed by atoms with van der Waals surface area (Å²) in [6.07, 6.45) is 2.36. The van der Waals surface area contributed by atoms with Crippen LogP contribution in [0.5, 0.6) is 0 Å². The summed E-state index contributed by atoms with van der Waals surface area (Å²) in [5.74, 6) is 0.557. The van der Waals surface area contributed by atoms with Crippen LogP contribution in [0.4, 0.5) is 11.4 Å². The number of aromatic nitrogens is 1. The lowest BCUT2D eigenvalue weighted by Gasteiger charge is -2.37. The summed E-state index contributed by atoms with van der Waals surface area (Å²) in [5, 5.41) is 5.19. The molecular weight excluding hydrogens is 420 g/mol. The van der Waals surface area contributed by atoms with Crippen molar-refractivity contribution in [3.05, 3.63) is 53.9 Å². The number of nitrogens with one attached hydrogen (secondary N) is 1. The van der Waals surface area contributed by atoms with Gasteiger partial charge in [0.1, 0.15) is 5.69 Å². The van der Waals surface area contributed by atoms with E-state index in [1.807, 2.05) is 12.1 Å². The third kappa shape index (κ3) is 4.75. The maximum absolute atomic E-state index is 11.9. The van der Waals surface area contributed by atoms with Crippen molar-refractivity contribution in [3.63, 3.8) is 0 Å². The zero-order valence-corrected chi connectivity index (χ0v) is 19.7. The number of carbonyl (C=O) groups excluding carboxylic acids is 1. The van der Waals surface area contributed by atoms with Gasteiger partial charge in [-0.3, -0.25) is 15.2 Å². The summed E-state index contributed by atoms with van der Waals surface area (Å²) in [6.45, 7) is 10.1. The Hall–Kier alpha value is -3.00. The van der Waals surface area contributed by atoms with E-state index in [1.165, 1.54) is 11.3 Å². The minimum absolute atomic E-state index is 0.0125. The number of hydrogen-bond acceptors (Lipinski definition) is 5. The van der Waals surface area contributed by atoms with Crippen LogP contribution in [-0.2, 0) is 4.79 Å². The Kier molecular flexibility index (Phi) is 6.69. The highest BCUT2D eigenvalue weighted by Gasteiger charge is 2.26. The number of carbonyl (C=O) groups is 1. The fraction of sp³-hybridized carbons (Fsp3) is 0.417. The van der Waals surface area contributed by atoms with Gasteiger partial charge in [0, 0.05) is 58.0 Å². The quantitative estimate of drug-likeness (QED) is 0.572. The molecule has 1 saturated heterocycles. The summed E-state index contributed by atoms with van der Waals surface area (Å²) in [4.78, 5) is 22.7. The maximum atomic E-state index is 11.9. The van der Waals surface area contributed by atoms with Crippen molar-refractivity contribution < 1.29 is 4.79 Å². The lowest BCUT2D eigenvalue weighted by atomic mass is 10.0. The van der Waals surface area contributed by atoms with Crippen molar-refractivity contribution >= 4 is 40.3 Å². The SMILES string of the molecule is CC(=O)N1CC/C(=N/NC(=S)N2CCN(c3ccc(C(C)C)cc3)CC2)c2ncccc21. The topological polar surface area (TPSA) is 64.1 Å². The Bertz CT molecular complexity index is 1010. The Morgan fingerprint density at radius 2 is 1.81 bits per heavy atom. The van der Waals surface area contributed by atoms with E-state index in [1.54, 1.807) is 18.0 Å². The van der Waals surface area contributed by atoms with Crippen LogP contribution in [0.3, 0.4) is 0 Å². The molecule has 0 bridgehead atoms. The van der Waals surface area contributed by atoms with E-state index in [0.717, 1.165) is 43.3 Å². The lowest BCUT2D eigenvalue weighted by Crippen LogP contribution is -2.51. The average Bonchev–Trinajstić information content (AvgIpc) is 2.82. The van der Waals surface area contributed by atoms with E-state index >= 15 is 0 Å². The number of nitrogens with zero attached hydrogens (tertiary/aromatic N) is 5. The van der Waals surface area contributed by atoms with Gasteiger partial charge in [0.25, 0.3) is 0 Å². The largest absolute Gasteiger partial charge is 0.368 e. The number of anilines is 2. The summed E-state index contributed by atoms with van der Waals surface area (Å²) in [5.41, 5.74) is 8.04. The van der Waals surface area contributed by atoms with Gasteiger partial charge in [-0.25, -0.2) is 0 Å². The van der Waals surface area contributed by atoms with Gasteiger partial charge in [0.2, 0.25) is 5.91 Å². The molecule has 168 valence electrons. The van der Waals surface area contributed by atoms with E-state index in [9.17, 15) is 4.79 Å². The number of hydrogen-bond donors (Lipinski definition) is 1. The third-order valence-electron chi connectivity index (χ3n) is 6.08. The lowest BCUT2D eigenvalue weighted by molar-refractivity contribution is -0.116. The van der Waals surface area contributed by atoms with Crippen molar-refractivity contribution in [2.45, 2.75) is 33.1 Å². The first-order chi connectivity index (χ1) is 15.4. The number of rotatable bonds is 3. The van der Waals surface area contributed by atoms with Gasteiger partial charge in [-0.15, -0.1) is 0 Å². The molecule has 7 nitrogen and oxygen atoms in total. The Balaban J connectivity index is 1.36. The molecule has 0 aliphatic carbocycles. The molecule has 3 heterocycles. The van der Waals surface area contributed by atoms with E-state index in [0.29, 0.717) is 24.0 Å². The van der Waals surface area contributed by atoms with E-state index in [2.05, 4.69) is 63.4 Å². The van der Waals surface area contributed by atoms with Crippen LogP contribution in [0.1, 0.15) is 44.4 Å². The summed E-state index contributed by atoms with van der Waals surface area (Å²) in [6, 6.07) is 12.6. The number of thiocarbonyl (C=S) groups is 1. The van der Waals surface area contributed by atoms with Gasteiger partial charge in [-0.05, 0) is 48.0 Å². The number of amides is 1. The molecule has 0 spiro atoms. The molecule has 0 atom stereocenters. The van der Waals surface area contributed by atoms with Crippen molar-refractivity contribution in [1.29, 1.82) is 0 Å². The van der Waals surface area contributed by atoms with Gasteiger partial charge in [-0.1, -0.05) is 26.0 Å². The van der Waals surface area contributed by atoms with Gasteiger partial charge in [0.05, 0.1) is 11.4 Å². The normalized spacial score (nSPS) is 17.5. The van der Waals surface area contributed by atoms with Crippen molar-refractivity contribution in [3.8, 4) is 0 Å². The zero-order chi connectivity index (χ0) is 22.7. The monoisotopic (exact) mass is 450 g/mol. The van der Waals surface area contributed by atoms with E-state index < -0.39 is 0 Å². The smallest absolute Gasteiger partial charge is 0.223 e. The number of hydrazone groups is 1. The molecular formula is C24H30N6OS. The maximum Gasteiger partial charge on any atom is 0.223 e. The molecule has 8 heteroatoms. The predicted octanol–water partition coefficient (Wildman–Crippen LogP) is 3.36. The minimum atomic E-state index is 0.0125. The number of benzene rings is 1. The Labute approximate surface area is 195 Å². The molecule has 1 aromatic heterocycles. The number of fused-ring (bicyclic) bond motifs is 1. The molecule has 2 aliphatic rings. The molecule has 0 saturated carbocycles. The molecule has 1 amide bonds. The van der Waals surface area contributed by atoms with Crippen molar-refractivity contribution in [2.24, 2.45) is 5.10 Å². The summed E-state index contributed by atoms with van der Waals surface area (Å²) >= 11 is 5.61. The highest BCUT2D eigenvalue weighted by molar-refractivity contribution is 7.80. The third-order valence-corrected chi connectivity index (χ3v) is 6.43. The fourth-order valence-corrected chi connectivity index (χ4v) is 4.38. The molecule has 32 heavy (non-hydrogen) atoms. The molecule has 2 aromatic rings. The van der Waals surface area contributed by atoms with Crippen LogP contribution in [0.2, 0.25) is 0 Å². The first kappa shape index (κ1) is 22.2. The Morgan fingerprint density at radius 1 is 1.09 bits per heavy atom. The first-order valence-electron chi connectivity index (χ1n) is 11.1. The number of pyridine rings is 1. The molecule has 4 rings (SSSR count). The number of piperazine rings is 1. The molecule has 0 unspecified atom stereocenters. The van der Waals surface area contributed by atoms with Crippen LogP contribution >= 0.6 is 12.2 Å². The molecule has 1 fully saturated rings. The van der Waals surface area contributed by atoms with Crippen LogP contribution < -0.4 is 15.2 Å². The van der Waals surface area contributed by atoms with E-state index in [-0.39, 0.29) is 5.91 Å². The molecule has 0 radical (unpaired) electrons. The molecule has 2 aliphatic heterocycles. The van der Waals surface area contributed by atoms with Gasteiger partial charge < -0.3 is 14.7 Å². The van der Waals surface area contributed by atoms with Gasteiger partial charge in [-0.2, -0.15) is 5.10 Å². The second-order valence-corrected chi connectivity index (χ2v) is 8.87. The molecule has 1 aromatic carbocycles. The zero-order valence-electron chi connectivity index (χ0n) is 18.9. The summed E-state index contributed by atoms with van der Waals surface area (Å²) < 4.78 is 0. The van der Waals surface area contributed by atoms with Crippen LogP contribution in [0.15, 0.2) is 47.7 Å². The highest BCUT2D eigenvalue weighted by Crippen LogP contribution is 2.25. The minimum Gasteiger partial charge on any atom is -0.368 e. The van der Waals surface area contributed by atoms with Crippen LogP contribution in [0.25, 0.3) is 0 Å². The second-order valence-electron chi connectivity index (χ2n) is 8.49. The average molecular weight is 451 g/mol. The fourth-order valence-electron chi connectivity index (χ4n) is 4.15. The summed E-state index contributed by atoms with van der Waals surface area (Å²) in [7, 11) is 0. The first-order valence-corrected chi connectivity index (χ1v) is 11.5. The van der Waals surface area contributed by atoms with Crippen molar-refractivity contribution in [1.82, 2.24) is 15.3 Å². The van der Waals surface area contributed by atoms with Gasteiger partial charge in [0.15, 0.2) is 5.11 Å². The predicted molar refractivity (Wildman–Crippen MR) is 133 cm³/mol. The highest BCUT2D eigenvalue weighted by atomic mass is 32.1. The second kappa shape index (κ2) is 9.65. The Morgan fingerprint density at radius 3 is 2.47 bits per heavy atom. The van der Waals surface area contributed by atoms with Gasteiger partial charge >= 0.3 is 0 Å². The van der Waals surface area contributed by atoms with E-state index in [4.69, 9.17) is 12.2 Å².